The van der Waals surface area contributed by atoms with Gasteiger partial charge in [-0.2, -0.15) is 0 Å². The number of aryl methyl sites for hydroxylation is 1. The van der Waals surface area contributed by atoms with Crippen LogP contribution in [0.2, 0.25) is 5.15 Å². The zero-order chi connectivity index (χ0) is 7.72. The molecule has 2 N–H and O–H groups in total. The highest BCUT2D eigenvalue weighted by Crippen LogP contribution is 2.18. The normalized spacial score (nSPS) is 9.90. The minimum atomic E-state index is 0.363. The maximum Gasteiger partial charge on any atom is 0.157 e. The molecule has 0 radical (unpaired) electrons. The molecule has 1 aromatic rings. The Morgan fingerprint density at radius 1 is 1.50 bits per heavy atom. The van der Waals surface area contributed by atoms with E-state index in [0.717, 1.165) is 0 Å². The van der Waals surface area contributed by atoms with Crippen LogP contribution in [0.3, 0.4) is 0 Å². The molecule has 1 heterocycles. The van der Waals surface area contributed by atoms with Gasteiger partial charge in [0.15, 0.2) is 11.0 Å². The first-order valence-corrected chi connectivity index (χ1v) is 3.73. The number of nitrogens with two attached hydrogens (primary N) is 1. The van der Waals surface area contributed by atoms with Crippen molar-refractivity contribution in [3.63, 3.8) is 0 Å². The molecule has 0 unspecified atom stereocenters. The van der Waals surface area contributed by atoms with Crippen molar-refractivity contribution >= 4 is 33.3 Å². The van der Waals surface area contributed by atoms with Gasteiger partial charge in [-0.05, 0) is 22.9 Å². The highest BCUT2D eigenvalue weighted by Gasteiger charge is 2.02. The first-order valence-electron chi connectivity index (χ1n) is 2.56. The van der Waals surface area contributed by atoms with E-state index < -0.39 is 0 Å². The number of rotatable bonds is 0. The van der Waals surface area contributed by atoms with Crippen LogP contribution in [-0.2, 0) is 0 Å². The van der Waals surface area contributed by atoms with Crippen LogP contribution in [0.5, 0.6) is 0 Å². The van der Waals surface area contributed by atoms with Crippen LogP contribution >= 0.6 is 27.5 Å². The summed E-state index contributed by atoms with van der Waals surface area (Å²) >= 11 is 8.72. The second-order valence-electron chi connectivity index (χ2n) is 1.78. The fraction of sp³-hybridized carbons (Fsp3) is 0.200. The summed E-state index contributed by atoms with van der Waals surface area (Å²) < 4.78 is 0.489. The van der Waals surface area contributed by atoms with E-state index in [-0.39, 0.29) is 0 Å². The summed E-state index contributed by atoms with van der Waals surface area (Å²) in [5.41, 5.74) is 6.05. The van der Waals surface area contributed by atoms with Crippen molar-refractivity contribution in [2.75, 3.05) is 5.73 Å². The average Bonchev–Trinajstić information content (AvgIpc) is 1.84. The lowest BCUT2D eigenvalue weighted by molar-refractivity contribution is 1.10. The molecule has 0 fully saturated rings. The molecule has 5 heteroatoms. The highest BCUT2D eigenvalue weighted by atomic mass is 79.9. The Bertz CT molecular complexity index is 213. The number of aromatic nitrogens is 2. The molecule has 10 heavy (non-hydrogen) atoms. The molecule has 0 aliphatic carbocycles. The fourth-order valence-corrected chi connectivity index (χ4v) is 0.992. The van der Waals surface area contributed by atoms with Crippen LogP contribution in [0, 0.1) is 6.92 Å². The van der Waals surface area contributed by atoms with Crippen molar-refractivity contribution in [3.8, 4) is 0 Å². The predicted molar refractivity (Wildman–Crippen MR) is 43.9 cm³/mol. The predicted octanol–water partition coefficient (Wildman–Crippen LogP) is 1.78. The maximum absolute atomic E-state index is 5.63. The number of hydrogen-bond donors (Lipinski definition) is 1. The minimum Gasteiger partial charge on any atom is -0.381 e. The quantitative estimate of drug-likeness (QED) is 0.728. The first-order chi connectivity index (χ1) is 4.61. The Labute approximate surface area is 71.7 Å². The monoisotopic (exact) mass is 221 g/mol. The Balaban J connectivity index is 3.28. The zero-order valence-electron chi connectivity index (χ0n) is 5.23. The molecule has 0 aliphatic rings. The molecule has 0 aliphatic heterocycles. The molecular weight excluding hydrogens is 217 g/mol. The third-order valence-electron chi connectivity index (χ3n) is 0.994. The van der Waals surface area contributed by atoms with Gasteiger partial charge in [-0.25, -0.2) is 9.97 Å². The van der Waals surface area contributed by atoms with Crippen molar-refractivity contribution in [1.29, 1.82) is 0 Å². The molecule has 54 valence electrons. The summed E-state index contributed by atoms with van der Waals surface area (Å²) in [6, 6.07) is 0. The molecule has 0 saturated carbocycles. The van der Waals surface area contributed by atoms with E-state index in [1.807, 2.05) is 0 Å². The van der Waals surface area contributed by atoms with Gasteiger partial charge in [0.1, 0.15) is 4.60 Å². The molecule has 1 aromatic heterocycles. The largest absolute Gasteiger partial charge is 0.381 e. The number of nitrogen functional groups attached to an aromatic ring is 1. The van der Waals surface area contributed by atoms with Gasteiger partial charge < -0.3 is 5.73 Å². The van der Waals surface area contributed by atoms with Gasteiger partial charge in [-0.1, -0.05) is 11.6 Å². The van der Waals surface area contributed by atoms with E-state index >= 15 is 0 Å². The zero-order valence-corrected chi connectivity index (χ0v) is 7.57. The van der Waals surface area contributed by atoms with Crippen LogP contribution in [0.4, 0.5) is 5.82 Å². The summed E-state index contributed by atoms with van der Waals surface area (Å²) in [7, 11) is 0. The summed E-state index contributed by atoms with van der Waals surface area (Å²) in [5, 5.41) is 0.376. The van der Waals surface area contributed by atoms with E-state index in [0.29, 0.717) is 21.3 Å². The van der Waals surface area contributed by atoms with Crippen LogP contribution in [0.15, 0.2) is 4.60 Å². The number of nitrogens with zero attached hydrogens (tertiary/aromatic N) is 2. The van der Waals surface area contributed by atoms with E-state index in [9.17, 15) is 0 Å². The van der Waals surface area contributed by atoms with Crippen molar-refractivity contribution in [2.24, 2.45) is 0 Å². The molecule has 3 nitrogen and oxygen atoms in total. The topological polar surface area (TPSA) is 51.8 Å². The van der Waals surface area contributed by atoms with Crippen LogP contribution in [0.25, 0.3) is 0 Å². The average molecular weight is 222 g/mol. The Hall–Kier alpha value is -0.350. The third kappa shape index (κ3) is 1.38. The van der Waals surface area contributed by atoms with Gasteiger partial charge in [0, 0.05) is 0 Å². The van der Waals surface area contributed by atoms with Crippen molar-refractivity contribution < 1.29 is 0 Å². The van der Waals surface area contributed by atoms with Gasteiger partial charge in [0.05, 0.1) is 5.69 Å². The fourth-order valence-electron chi connectivity index (χ4n) is 0.497. The highest BCUT2D eigenvalue weighted by molar-refractivity contribution is 9.10. The van der Waals surface area contributed by atoms with Crippen LogP contribution in [-0.4, -0.2) is 9.97 Å². The van der Waals surface area contributed by atoms with Crippen molar-refractivity contribution in [3.05, 3.63) is 15.5 Å². The first kappa shape index (κ1) is 7.75. The Morgan fingerprint density at radius 2 is 2.10 bits per heavy atom. The Morgan fingerprint density at radius 3 is 2.60 bits per heavy atom. The van der Waals surface area contributed by atoms with E-state index in [1.165, 1.54) is 0 Å². The molecule has 0 bridgehead atoms. The molecule has 0 amide bonds. The summed E-state index contributed by atoms with van der Waals surface area (Å²) in [5.74, 6) is 0.363. The molecule has 0 aromatic carbocycles. The van der Waals surface area contributed by atoms with Gasteiger partial charge in [0.2, 0.25) is 0 Å². The molecular formula is C5H5BrClN3. The Kier molecular flexibility index (Phi) is 2.11. The van der Waals surface area contributed by atoms with Crippen molar-refractivity contribution in [2.45, 2.75) is 6.92 Å². The van der Waals surface area contributed by atoms with Gasteiger partial charge in [-0.3, -0.25) is 0 Å². The standard InChI is InChI=1S/C5H5BrClN3/c1-2-4(7)10-3(6)5(8)9-2/h1H3,(H2,8,9). The molecule has 0 saturated heterocycles. The molecule has 1 rings (SSSR count). The third-order valence-corrected chi connectivity index (χ3v) is 1.94. The second-order valence-corrected chi connectivity index (χ2v) is 2.89. The lowest BCUT2D eigenvalue weighted by atomic mass is 10.5. The molecule has 0 spiro atoms. The minimum absolute atomic E-state index is 0.363. The van der Waals surface area contributed by atoms with Gasteiger partial charge >= 0.3 is 0 Å². The summed E-state index contributed by atoms with van der Waals surface area (Å²) in [6.07, 6.45) is 0. The number of halogens is 2. The second kappa shape index (κ2) is 2.72. The van der Waals surface area contributed by atoms with Crippen LogP contribution in [0.1, 0.15) is 5.69 Å². The van der Waals surface area contributed by atoms with Crippen molar-refractivity contribution in [1.82, 2.24) is 9.97 Å². The lowest BCUT2D eigenvalue weighted by Gasteiger charge is -1.98. The maximum atomic E-state index is 5.63. The van der Waals surface area contributed by atoms with E-state index in [2.05, 4.69) is 25.9 Å². The molecule has 0 atom stereocenters. The smallest absolute Gasteiger partial charge is 0.157 e. The SMILES string of the molecule is Cc1nc(N)c(Br)nc1Cl. The lowest BCUT2D eigenvalue weighted by Crippen LogP contribution is -1.96. The van der Waals surface area contributed by atoms with Gasteiger partial charge in [0.25, 0.3) is 0 Å². The number of hydrogen-bond acceptors (Lipinski definition) is 3. The summed E-state index contributed by atoms with van der Waals surface area (Å²) in [4.78, 5) is 7.78. The van der Waals surface area contributed by atoms with Gasteiger partial charge in [-0.15, -0.1) is 0 Å². The van der Waals surface area contributed by atoms with E-state index in [1.54, 1.807) is 6.92 Å². The van der Waals surface area contributed by atoms with E-state index in [4.69, 9.17) is 17.3 Å². The van der Waals surface area contributed by atoms with Crippen LogP contribution < -0.4 is 5.73 Å². The number of anilines is 1. The summed E-state index contributed by atoms with van der Waals surface area (Å²) in [6.45, 7) is 1.75.